The van der Waals surface area contributed by atoms with Gasteiger partial charge in [0, 0.05) is 24.6 Å². The first-order chi connectivity index (χ1) is 15.7. The van der Waals surface area contributed by atoms with Gasteiger partial charge in [0.25, 0.3) is 0 Å². The summed E-state index contributed by atoms with van der Waals surface area (Å²) in [6, 6.07) is 22.9. The predicted molar refractivity (Wildman–Crippen MR) is 126 cm³/mol. The van der Waals surface area contributed by atoms with Gasteiger partial charge in [0.05, 0.1) is 13.7 Å². The van der Waals surface area contributed by atoms with E-state index in [1.54, 1.807) is 7.11 Å². The Bertz CT molecular complexity index is 1070. The van der Waals surface area contributed by atoms with Crippen LogP contribution in [0.4, 0.5) is 5.69 Å². The zero-order valence-electron chi connectivity index (χ0n) is 18.4. The van der Waals surface area contributed by atoms with Crippen molar-refractivity contribution in [3.05, 3.63) is 78.9 Å². The molecule has 32 heavy (non-hydrogen) atoms. The molecule has 3 aromatic carbocycles. The van der Waals surface area contributed by atoms with Gasteiger partial charge in [0.15, 0.2) is 0 Å². The third kappa shape index (κ3) is 4.24. The number of ether oxygens (including phenoxy) is 2. The summed E-state index contributed by atoms with van der Waals surface area (Å²) < 4.78 is 11.5. The molecule has 1 saturated carbocycles. The van der Waals surface area contributed by atoms with Gasteiger partial charge in [-0.05, 0) is 59.0 Å². The van der Waals surface area contributed by atoms with Crippen LogP contribution in [0.25, 0.3) is 16.3 Å². The smallest absolute Gasteiger partial charge is 0.201 e. The molecule has 1 atom stereocenters. The van der Waals surface area contributed by atoms with Crippen molar-refractivity contribution in [3.63, 3.8) is 0 Å². The molecule has 1 N–H and O–H groups in total. The van der Waals surface area contributed by atoms with Crippen LogP contribution in [0, 0.1) is 0 Å². The SMILES string of the molecule is C=C(c1cccc2ccccc12)C1COC2(CCC(Nc3ccc(OC)cc3)CC2)OO1. The van der Waals surface area contributed by atoms with Crippen molar-refractivity contribution >= 4 is 22.0 Å². The fourth-order valence-corrected chi connectivity index (χ4v) is 4.62. The van der Waals surface area contributed by atoms with Crippen molar-refractivity contribution in [1.29, 1.82) is 0 Å². The molecule has 5 nitrogen and oxygen atoms in total. The van der Waals surface area contributed by atoms with Crippen molar-refractivity contribution in [1.82, 2.24) is 0 Å². The fraction of sp³-hybridized carbons (Fsp3) is 0.333. The highest BCUT2D eigenvalue weighted by Gasteiger charge is 2.43. The fourth-order valence-electron chi connectivity index (χ4n) is 4.62. The maximum absolute atomic E-state index is 6.25. The molecule has 2 aliphatic rings. The molecular weight excluding hydrogens is 402 g/mol. The quantitative estimate of drug-likeness (QED) is 0.505. The summed E-state index contributed by atoms with van der Waals surface area (Å²) in [5, 5.41) is 5.94. The van der Waals surface area contributed by atoms with Gasteiger partial charge in [0.2, 0.25) is 5.79 Å². The molecular formula is C27H29NO4. The minimum absolute atomic E-state index is 0.318. The third-order valence-corrected chi connectivity index (χ3v) is 6.55. The van der Waals surface area contributed by atoms with Crippen LogP contribution >= 0.6 is 0 Å². The first-order valence-electron chi connectivity index (χ1n) is 11.2. The molecule has 1 saturated heterocycles. The van der Waals surface area contributed by atoms with Gasteiger partial charge in [0.1, 0.15) is 11.9 Å². The molecule has 0 bridgehead atoms. The minimum atomic E-state index is -0.659. The van der Waals surface area contributed by atoms with E-state index in [0.29, 0.717) is 12.6 Å². The zero-order valence-corrected chi connectivity index (χ0v) is 18.4. The second-order valence-electron chi connectivity index (χ2n) is 8.59. The summed E-state index contributed by atoms with van der Waals surface area (Å²) in [5.41, 5.74) is 3.05. The monoisotopic (exact) mass is 431 g/mol. The molecule has 1 spiro atoms. The van der Waals surface area contributed by atoms with Crippen LogP contribution in [-0.4, -0.2) is 31.6 Å². The largest absolute Gasteiger partial charge is 0.497 e. The summed E-state index contributed by atoms with van der Waals surface area (Å²) >= 11 is 0. The number of nitrogens with one attached hydrogen (secondary N) is 1. The molecule has 1 aliphatic carbocycles. The van der Waals surface area contributed by atoms with Gasteiger partial charge in [-0.3, -0.25) is 0 Å². The standard InChI is InChI=1S/C27H29NO4/c1-19(24-9-5-7-20-6-3-4-8-25(20)24)26-18-30-27(32-31-26)16-14-22(15-17-27)28-21-10-12-23(29-2)13-11-21/h3-13,22,26,28H,1,14-18H2,2H3. The number of benzene rings is 3. The van der Waals surface area contributed by atoms with Gasteiger partial charge in [-0.25, -0.2) is 9.78 Å². The highest BCUT2D eigenvalue weighted by atomic mass is 17.2. The molecule has 1 heterocycles. The Balaban J connectivity index is 1.17. The van der Waals surface area contributed by atoms with E-state index >= 15 is 0 Å². The Kier molecular flexibility index (Phi) is 5.87. The van der Waals surface area contributed by atoms with Crippen LogP contribution in [0.5, 0.6) is 5.75 Å². The lowest BCUT2D eigenvalue weighted by Gasteiger charge is -2.43. The van der Waals surface area contributed by atoms with E-state index in [2.05, 4.69) is 36.2 Å². The molecule has 3 aromatic rings. The summed E-state index contributed by atoms with van der Waals surface area (Å²) in [4.78, 5) is 11.7. The third-order valence-electron chi connectivity index (χ3n) is 6.55. The van der Waals surface area contributed by atoms with Crippen molar-refractivity contribution in [2.24, 2.45) is 0 Å². The Hall–Kier alpha value is -2.86. The zero-order chi connectivity index (χ0) is 22.0. The van der Waals surface area contributed by atoms with Crippen molar-refractivity contribution in [2.45, 2.75) is 43.6 Å². The van der Waals surface area contributed by atoms with E-state index in [4.69, 9.17) is 19.2 Å². The van der Waals surface area contributed by atoms with Gasteiger partial charge in [-0.1, -0.05) is 49.0 Å². The molecule has 0 radical (unpaired) electrons. The average molecular weight is 432 g/mol. The van der Waals surface area contributed by atoms with Crippen LogP contribution in [0.15, 0.2) is 73.3 Å². The number of methoxy groups -OCH3 is 1. The number of rotatable bonds is 5. The van der Waals surface area contributed by atoms with E-state index in [1.165, 1.54) is 5.39 Å². The second kappa shape index (κ2) is 8.94. The molecule has 0 amide bonds. The average Bonchev–Trinajstić information content (AvgIpc) is 2.86. The van der Waals surface area contributed by atoms with Crippen LogP contribution in [0.3, 0.4) is 0 Å². The van der Waals surface area contributed by atoms with E-state index in [1.807, 2.05) is 42.5 Å². The van der Waals surface area contributed by atoms with Gasteiger partial charge < -0.3 is 14.8 Å². The van der Waals surface area contributed by atoms with E-state index in [9.17, 15) is 0 Å². The van der Waals surface area contributed by atoms with Crippen molar-refractivity contribution in [3.8, 4) is 5.75 Å². The minimum Gasteiger partial charge on any atom is -0.497 e. The molecule has 0 aromatic heterocycles. The maximum Gasteiger partial charge on any atom is 0.201 e. The van der Waals surface area contributed by atoms with Gasteiger partial charge >= 0.3 is 0 Å². The van der Waals surface area contributed by atoms with E-state index in [0.717, 1.165) is 53.6 Å². The van der Waals surface area contributed by atoms with Gasteiger partial charge in [-0.15, -0.1) is 0 Å². The Morgan fingerprint density at radius 2 is 1.75 bits per heavy atom. The van der Waals surface area contributed by atoms with Crippen LogP contribution in [0.1, 0.15) is 31.2 Å². The van der Waals surface area contributed by atoms with E-state index < -0.39 is 5.79 Å². The second-order valence-corrected chi connectivity index (χ2v) is 8.59. The summed E-state index contributed by atoms with van der Waals surface area (Å²) in [5.74, 6) is 0.201. The molecule has 5 rings (SSSR count). The molecule has 5 heteroatoms. The first kappa shape index (κ1) is 21.0. The van der Waals surface area contributed by atoms with E-state index in [-0.39, 0.29) is 6.10 Å². The lowest BCUT2D eigenvalue weighted by atomic mass is 9.89. The maximum atomic E-state index is 6.25. The van der Waals surface area contributed by atoms with Crippen LogP contribution in [-0.2, 0) is 14.5 Å². The number of fused-ring (bicyclic) bond motifs is 1. The van der Waals surface area contributed by atoms with Crippen molar-refractivity contribution < 1.29 is 19.2 Å². The topological polar surface area (TPSA) is 49.0 Å². The summed E-state index contributed by atoms with van der Waals surface area (Å²) in [6.45, 7) is 4.74. The normalized spacial score (nSPS) is 25.5. The number of hydrogen-bond acceptors (Lipinski definition) is 5. The number of hydrogen-bond donors (Lipinski definition) is 1. The highest BCUT2D eigenvalue weighted by molar-refractivity contribution is 5.94. The Morgan fingerprint density at radius 1 is 1.00 bits per heavy atom. The highest BCUT2D eigenvalue weighted by Crippen LogP contribution is 2.39. The van der Waals surface area contributed by atoms with Crippen LogP contribution in [0.2, 0.25) is 0 Å². The number of anilines is 1. The molecule has 1 aliphatic heterocycles. The molecule has 1 unspecified atom stereocenters. The Morgan fingerprint density at radius 3 is 2.47 bits per heavy atom. The van der Waals surface area contributed by atoms with Crippen molar-refractivity contribution in [2.75, 3.05) is 19.0 Å². The molecule has 166 valence electrons. The lowest BCUT2D eigenvalue weighted by molar-refractivity contribution is -0.483. The lowest BCUT2D eigenvalue weighted by Crippen LogP contribution is -2.49. The predicted octanol–water partition coefficient (Wildman–Crippen LogP) is 5.96. The Labute approximate surface area is 188 Å². The first-order valence-corrected chi connectivity index (χ1v) is 11.2. The molecule has 2 fully saturated rings. The van der Waals surface area contributed by atoms with Gasteiger partial charge in [-0.2, -0.15) is 0 Å². The summed E-state index contributed by atoms with van der Waals surface area (Å²) in [7, 11) is 1.68. The van der Waals surface area contributed by atoms with Crippen LogP contribution < -0.4 is 10.1 Å². The summed E-state index contributed by atoms with van der Waals surface area (Å²) in [6.07, 6.45) is 3.15.